The van der Waals surface area contributed by atoms with Gasteiger partial charge in [-0.25, -0.2) is 0 Å². The quantitative estimate of drug-likeness (QED) is 0.297. The number of aliphatic imine (C=N–C) groups is 1. The Labute approximate surface area is 121 Å². The van der Waals surface area contributed by atoms with Gasteiger partial charge in [0.25, 0.3) is 0 Å². The van der Waals surface area contributed by atoms with Gasteiger partial charge in [-0.05, 0) is 39.3 Å². The molecule has 1 saturated heterocycles. The molecule has 0 bridgehead atoms. The highest BCUT2D eigenvalue weighted by molar-refractivity contribution is 5.77. The van der Waals surface area contributed by atoms with E-state index < -0.39 is 0 Å². The van der Waals surface area contributed by atoms with E-state index in [1.54, 1.807) is 0 Å². The van der Waals surface area contributed by atoms with Crippen molar-refractivity contribution in [2.24, 2.45) is 10.7 Å². The SMILES string of the molecule is CCOC(=O)CCCNC(N)=NCC1CCCN1CC. The van der Waals surface area contributed by atoms with Gasteiger partial charge in [0.15, 0.2) is 5.96 Å². The lowest BCUT2D eigenvalue weighted by Gasteiger charge is -2.20. The first-order valence-corrected chi connectivity index (χ1v) is 7.60. The smallest absolute Gasteiger partial charge is 0.305 e. The largest absolute Gasteiger partial charge is 0.466 e. The van der Waals surface area contributed by atoms with Gasteiger partial charge in [-0.3, -0.25) is 14.7 Å². The predicted molar refractivity (Wildman–Crippen MR) is 80.6 cm³/mol. The summed E-state index contributed by atoms with van der Waals surface area (Å²) in [5, 5.41) is 3.04. The molecular formula is C14H28N4O2. The van der Waals surface area contributed by atoms with E-state index in [9.17, 15) is 4.79 Å². The molecule has 20 heavy (non-hydrogen) atoms. The molecule has 1 aliphatic rings. The van der Waals surface area contributed by atoms with E-state index in [1.165, 1.54) is 19.4 Å². The molecule has 1 rings (SSSR count). The second-order valence-corrected chi connectivity index (χ2v) is 4.99. The third-order valence-electron chi connectivity index (χ3n) is 3.55. The van der Waals surface area contributed by atoms with Gasteiger partial charge in [0.1, 0.15) is 0 Å². The van der Waals surface area contributed by atoms with Gasteiger partial charge in [-0.15, -0.1) is 0 Å². The zero-order chi connectivity index (χ0) is 14.8. The van der Waals surface area contributed by atoms with Crippen LogP contribution in [0.25, 0.3) is 0 Å². The predicted octanol–water partition coefficient (Wildman–Crippen LogP) is 0.718. The molecule has 0 aromatic carbocycles. The molecule has 0 aliphatic carbocycles. The minimum absolute atomic E-state index is 0.158. The fraction of sp³-hybridized carbons (Fsp3) is 0.857. The van der Waals surface area contributed by atoms with Gasteiger partial charge in [0.2, 0.25) is 0 Å². The van der Waals surface area contributed by atoms with E-state index >= 15 is 0 Å². The van der Waals surface area contributed by atoms with Crippen molar-refractivity contribution in [3.63, 3.8) is 0 Å². The molecule has 0 amide bonds. The lowest BCUT2D eigenvalue weighted by atomic mass is 10.2. The average Bonchev–Trinajstić information content (AvgIpc) is 2.89. The maximum atomic E-state index is 11.1. The van der Waals surface area contributed by atoms with E-state index in [1.807, 2.05) is 6.92 Å². The van der Waals surface area contributed by atoms with Crippen molar-refractivity contribution < 1.29 is 9.53 Å². The first kappa shape index (κ1) is 16.8. The minimum atomic E-state index is -0.158. The van der Waals surface area contributed by atoms with Crippen molar-refractivity contribution in [1.29, 1.82) is 0 Å². The van der Waals surface area contributed by atoms with Crippen molar-refractivity contribution >= 4 is 11.9 Å². The summed E-state index contributed by atoms with van der Waals surface area (Å²) in [6, 6.07) is 0.528. The van der Waals surface area contributed by atoms with Gasteiger partial charge in [0.05, 0.1) is 13.2 Å². The number of carbonyl (C=O) groups is 1. The normalized spacial score (nSPS) is 20.1. The van der Waals surface area contributed by atoms with Crippen molar-refractivity contribution in [2.75, 3.05) is 32.8 Å². The van der Waals surface area contributed by atoms with Gasteiger partial charge in [-0.1, -0.05) is 6.92 Å². The highest BCUT2D eigenvalue weighted by Crippen LogP contribution is 2.16. The summed E-state index contributed by atoms with van der Waals surface area (Å²) in [6.07, 6.45) is 3.58. The van der Waals surface area contributed by atoms with E-state index in [2.05, 4.69) is 22.1 Å². The van der Waals surface area contributed by atoms with Gasteiger partial charge >= 0.3 is 5.97 Å². The van der Waals surface area contributed by atoms with E-state index in [4.69, 9.17) is 10.5 Å². The monoisotopic (exact) mass is 284 g/mol. The van der Waals surface area contributed by atoms with Crippen LogP contribution in [0.15, 0.2) is 4.99 Å². The summed E-state index contributed by atoms with van der Waals surface area (Å²) >= 11 is 0. The van der Waals surface area contributed by atoms with Crippen LogP contribution in [0.3, 0.4) is 0 Å². The Morgan fingerprint density at radius 3 is 3.00 bits per heavy atom. The Morgan fingerprint density at radius 1 is 1.50 bits per heavy atom. The molecule has 6 nitrogen and oxygen atoms in total. The Bertz CT molecular complexity index is 320. The molecule has 1 heterocycles. The zero-order valence-corrected chi connectivity index (χ0v) is 12.7. The summed E-state index contributed by atoms with van der Waals surface area (Å²) in [7, 11) is 0. The molecule has 1 aliphatic heterocycles. The number of ether oxygens (including phenoxy) is 1. The van der Waals surface area contributed by atoms with Gasteiger partial charge in [0, 0.05) is 19.0 Å². The molecule has 0 aromatic rings. The first-order chi connectivity index (χ1) is 9.67. The second-order valence-electron chi connectivity index (χ2n) is 4.99. The van der Waals surface area contributed by atoms with Crippen LogP contribution < -0.4 is 11.1 Å². The van der Waals surface area contributed by atoms with Crippen LogP contribution >= 0.6 is 0 Å². The molecule has 1 fully saturated rings. The molecule has 116 valence electrons. The lowest BCUT2D eigenvalue weighted by Crippen LogP contribution is -2.36. The van der Waals surface area contributed by atoms with Gasteiger partial charge in [-0.2, -0.15) is 0 Å². The van der Waals surface area contributed by atoms with E-state index in [0.29, 0.717) is 38.0 Å². The number of nitrogens with two attached hydrogens (primary N) is 1. The Hall–Kier alpha value is -1.30. The zero-order valence-electron chi connectivity index (χ0n) is 12.7. The summed E-state index contributed by atoms with van der Waals surface area (Å²) in [5.41, 5.74) is 5.82. The number of esters is 1. The van der Waals surface area contributed by atoms with Crippen LogP contribution in [0.1, 0.15) is 39.5 Å². The van der Waals surface area contributed by atoms with Crippen LogP contribution in [0, 0.1) is 0 Å². The second kappa shape index (κ2) is 9.58. The number of nitrogens with one attached hydrogen (secondary N) is 1. The highest BCUT2D eigenvalue weighted by Gasteiger charge is 2.22. The number of carbonyl (C=O) groups excluding carboxylic acids is 1. The maximum Gasteiger partial charge on any atom is 0.305 e. The summed E-state index contributed by atoms with van der Waals surface area (Å²) in [4.78, 5) is 18.0. The van der Waals surface area contributed by atoms with Crippen LogP contribution in [0.5, 0.6) is 0 Å². The van der Waals surface area contributed by atoms with Crippen LogP contribution in [-0.2, 0) is 9.53 Å². The highest BCUT2D eigenvalue weighted by atomic mass is 16.5. The standard InChI is InChI=1S/C14H28N4O2/c1-3-18-10-6-7-12(18)11-17-14(15)16-9-5-8-13(19)20-4-2/h12H,3-11H2,1-2H3,(H3,15,16,17). The third-order valence-corrected chi connectivity index (χ3v) is 3.55. The number of likely N-dealkylation sites (N-methyl/N-ethyl adjacent to an activating group) is 1. The third kappa shape index (κ3) is 6.23. The first-order valence-electron chi connectivity index (χ1n) is 7.60. The molecule has 1 atom stereocenters. The molecule has 0 spiro atoms. The Balaban J connectivity index is 2.14. The Kier molecular flexibility index (Phi) is 8.02. The molecular weight excluding hydrogens is 256 g/mol. The number of guanidine groups is 1. The van der Waals surface area contributed by atoms with Crippen LogP contribution in [0.2, 0.25) is 0 Å². The fourth-order valence-corrected chi connectivity index (χ4v) is 2.46. The number of hydrogen-bond donors (Lipinski definition) is 2. The maximum absolute atomic E-state index is 11.1. The molecule has 3 N–H and O–H groups in total. The van der Waals surface area contributed by atoms with Crippen molar-refractivity contribution in [3.8, 4) is 0 Å². The lowest BCUT2D eigenvalue weighted by molar-refractivity contribution is -0.143. The molecule has 1 unspecified atom stereocenters. The average molecular weight is 284 g/mol. The summed E-state index contributed by atoms with van der Waals surface area (Å²) < 4.78 is 4.85. The van der Waals surface area contributed by atoms with Crippen molar-refractivity contribution in [1.82, 2.24) is 10.2 Å². The summed E-state index contributed by atoms with van der Waals surface area (Å²) in [6.45, 7) is 8.07. The number of hydrogen-bond acceptors (Lipinski definition) is 4. The molecule has 6 heteroatoms. The van der Waals surface area contributed by atoms with Gasteiger partial charge < -0.3 is 15.8 Å². The molecule has 0 saturated carbocycles. The Morgan fingerprint density at radius 2 is 2.30 bits per heavy atom. The van der Waals surface area contributed by atoms with E-state index in [0.717, 1.165) is 13.1 Å². The van der Waals surface area contributed by atoms with Crippen LogP contribution in [-0.4, -0.2) is 55.7 Å². The fourth-order valence-electron chi connectivity index (χ4n) is 2.46. The minimum Gasteiger partial charge on any atom is -0.466 e. The van der Waals surface area contributed by atoms with Crippen molar-refractivity contribution in [2.45, 2.75) is 45.6 Å². The number of nitrogens with zero attached hydrogens (tertiary/aromatic N) is 2. The summed E-state index contributed by atoms with van der Waals surface area (Å²) in [5.74, 6) is 0.311. The van der Waals surface area contributed by atoms with Crippen LogP contribution in [0.4, 0.5) is 0 Å². The van der Waals surface area contributed by atoms with E-state index in [-0.39, 0.29) is 5.97 Å². The number of likely N-dealkylation sites (tertiary alicyclic amines) is 1. The van der Waals surface area contributed by atoms with Crippen molar-refractivity contribution in [3.05, 3.63) is 0 Å². The number of rotatable bonds is 8. The topological polar surface area (TPSA) is 79.9 Å². The molecule has 0 radical (unpaired) electrons. The molecule has 0 aromatic heterocycles.